The predicted octanol–water partition coefficient (Wildman–Crippen LogP) is 5.77. The summed E-state index contributed by atoms with van der Waals surface area (Å²) < 4.78 is 16.4. The molecule has 4 aromatic rings. The van der Waals surface area contributed by atoms with Crippen molar-refractivity contribution in [3.8, 4) is 0 Å². The van der Waals surface area contributed by atoms with Gasteiger partial charge in [0.05, 0.1) is 11.0 Å². The van der Waals surface area contributed by atoms with Crippen molar-refractivity contribution >= 4 is 27.6 Å². The van der Waals surface area contributed by atoms with E-state index in [1.54, 1.807) is 6.07 Å². The third kappa shape index (κ3) is 2.47. The second kappa shape index (κ2) is 5.26. The number of hydrogen-bond acceptors (Lipinski definition) is 2. The van der Waals surface area contributed by atoms with Crippen molar-refractivity contribution in [3.05, 3.63) is 53.6 Å². The summed E-state index contributed by atoms with van der Waals surface area (Å²) in [6.07, 6.45) is 2.01. The molecule has 0 radical (unpaired) electrons. The molecule has 0 spiro atoms. The Hall–Kier alpha value is -2.49. The minimum Gasteiger partial charge on any atom is -0.296 e. The summed E-state index contributed by atoms with van der Waals surface area (Å²) in [5.41, 5.74) is 4.86. The highest BCUT2D eigenvalue weighted by Crippen LogP contribution is 2.34. The molecule has 0 saturated heterocycles. The van der Waals surface area contributed by atoms with Crippen molar-refractivity contribution in [2.24, 2.45) is 0 Å². The van der Waals surface area contributed by atoms with Crippen LogP contribution < -0.4 is 0 Å². The molecule has 4 heteroatoms. The van der Waals surface area contributed by atoms with E-state index in [4.69, 9.17) is 9.97 Å². The van der Waals surface area contributed by atoms with Crippen molar-refractivity contribution in [2.75, 3.05) is 0 Å². The molecule has 134 valence electrons. The highest BCUT2D eigenvalue weighted by molar-refractivity contribution is 5.98. The molecule has 0 amide bonds. The van der Waals surface area contributed by atoms with Gasteiger partial charge in [-0.15, -0.1) is 0 Å². The first-order valence-corrected chi connectivity index (χ1v) is 8.98. The number of hydrogen-bond donors (Lipinski definition) is 0. The standard InChI is InChI=1S/C22H24FN3/c1-21(2,3)14-12-26-19-15(23)8-7-9-16(19)24-20(26)13-10-11-17(22(4,5)6)25-18(13)14/h7-12H,1-6H3. The van der Waals surface area contributed by atoms with Gasteiger partial charge in [-0.2, -0.15) is 0 Å². The van der Waals surface area contributed by atoms with Crippen LogP contribution >= 0.6 is 0 Å². The number of rotatable bonds is 0. The number of imidazole rings is 1. The fourth-order valence-corrected chi connectivity index (χ4v) is 3.42. The summed E-state index contributed by atoms with van der Waals surface area (Å²) in [6.45, 7) is 13.0. The second-order valence-electron chi connectivity index (χ2n) is 9.05. The average molecular weight is 349 g/mol. The van der Waals surface area contributed by atoms with E-state index in [0.29, 0.717) is 11.0 Å². The molecule has 0 aliphatic carbocycles. The maximum Gasteiger partial charge on any atom is 0.149 e. The SMILES string of the molecule is CC(C)(C)c1ccc2c(n1)c(C(C)(C)C)cn1c2nc2cccc(F)c21. The first-order chi connectivity index (χ1) is 12.1. The Kier molecular flexibility index (Phi) is 3.43. The summed E-state index contributed by atoms with van der Waals surface area (Å²) in [4.78, 5) is 9.71. The lowest BCUT2D eigenvalue weighted by Gasteiger charge is -2.24. The molecule has 1 aromatic carbocycles. The zero-order chi connectivity index (χ0) is 18.9. The van der Waals surface area contributed by atoms with Crippen molar-refractivity contribution in [1.82, 2.24) is 14.4 Å². The monoisotopic (exact) mass is 349 g/mol. The number of para-hydroxylation sites is 1. The van der Waals surface area contributed by atoms with Gasteiger partial charge in [-0.05, 0) is 29.7 Å². The topological polar surface area (TPSA) is 30.2 Å². The molecular weight excluding hydrogens is 325 g/mol. The minimum atomic E-state index is -0.256. The molecule has 3 aromatic heterocycles. The van der Waals surface area contributed by atoms with Crippen LogP contribution in [0.3, 0.4) is 0 Å². The zero-order valence-corrected chi connectivity index (χ0v) is 16.2. The Bertz CT molecular complexity index is 1160. The van der Waals surface area contributed by atoms with E-state index in [0.717, 1.165) is 27.8 Å². The van der Waals surface area contributed by atoms with Gasteiger partial charge >= 0.3 is 0 Å². The van der Waals surface area contributed by atoms with Gasteiger partial charge in [-0.1, -0.05) is 47.6 Å². The van der Waals surface area contributed by atoms with Crippen LogP contribution in [-0.2, 0) is 10.8 Å². The Labute approximate surface area is 152 Å². The van der Waals surface area contributed by atoms with E-state index >= 15 is 0 Å². The van der Waals surface area contributed by atoms with Crippen LogP contribution in [0.4, 0.5) is 4.39 Å². The van der Waals surface area contributed by atoms with Crippen molar-refractivity contribution in [2.45, 2.75) is 52.4 Å². The molecule has 0 unspecified atom stereocenters. The fraction of sp³-hybridized carbons (Fsp3) is 0.364. The van der Waals surface area contributed by atoms with Crippen molar-refractivity contribution in [1.29, 1.82) is 0 Å². The second-order valence-corrected chi connectivity index (χ2v) is 9.05. The maximum absolute atomic E-state index is 14.5. The molecule has 0 fully saturated rings. The molecule has 3 heterocycles. The van der Waals surface area contributed by atoms with Gasteiger partial charge in [-0.25, -0.2) is 9.37 Å². The van der Waals surface area contributed by atoms with Gasteiger partial charge < -0.3 is 0 Å². The normalized spacial score (nSPS) is 13.2. The Morgan fingerprint density at radius 2 is 1.62 bits per heavy atom. The van der Waals surface area contributed by atoms with E-state index < -0.39 is 0 Å². The van der Waals surface area contributed by atoms with Gasteiger partial charge in [0.15, 0.2) is 0 Å². The molecule has 4 rings (SSSR count). The van der Waals surface area contributed by atoms with E-state index in [1.165, 1.54) is 6.07 Å². The molecule has 0 bridgehead atoms. The number of pyridine rings is 2. The first kappa shape index (κ1) is 17.0. The number of fused-ring (bicyclic) bond motifs is 5. The Balaban J connectivity index is 2.23. The quantitative estimate of drug-likeness (QED) is 0.403. The third-order valence-corrected chi connectivity index (χ3v) is 4.89. The lowest BCUT2D eigenvalue weighted by Crippen LogP contribution is -2.17. The highest BCUT2D eigenvalue weighted by Gasteiger charge is 2.24. The number of halogens is 1. The Morgan fingerprint density at radius 1 is 0.885 bits per heavy atom. The lowest BCUT2D eigenvalue weighted by atomic mass is 9.85. The third-order valence-electron chi connectivity index (χ3n) is 4.89. The maximum atomic E-state index is 14.5. The molecule has 0 N–H and O–H groups in total. The van der Waals surface area contributed by atoms with Gasteiger partial charge in [-0.3, -0.25) is 9.38 Å². The summed E-state index contributed by atoms with van der Waals surface area (Å²) in [5, 5.41) is 0.959. The summed E-state index contributed by atoms with van der Waals surface area (Å²) in [7, 11) is 0. The number of nitrogens with zero attached hydrogens (tertiary/aromatic N) is 3. The molecule has 0 saturated carbocycles. The molecular formula is C22H24FN3. The van der Waals surface area contributed by atoms with Gasteiger partial charge in [0.25, 0.3) is 0 Å². The van der Waals surface area contributed by atoms with Crippen LogP contribution in [0.5, 0.6) is 0 Å². The van der Waals surface area contributed by atoms with Crippen molar-refractivity contribution in [3.63, 3.8) is 0 Å². The number of benzene rings is 1. The van der Waals surface area contributed by atoms with E-state index in [-0.39, 0.29) is 16.6 Å². The highest BCUT2D eigenvalue weighted by atomic mass is 19.1. The largest absolute Gasteiger partial charge is 0.296 e. The van der Waals surface area contributed by atoms with Gasteiger partial charge in [0, 0.05) is 28.3 Å². The molecule has 0 atom stereocenters. The van der Waals surface area contributed by atoms with E-state index in [2.05, 4.69) is 53.7 Å². The number of aromatic nitrogens is 3. The summed E-state index contributed by atoms with van der Waals surface area (Å²) >= 11 is 0. The molecule has 0 aliphatic heterocycles. The lowest BCUT2D eigenvalue weighted by molar-refractivity contribution is 0.567. The first-order valence-electron chi connectivity index (χ1n) is 8.98. The van der Waals surface area contributed by atoms with Crippen LogP contribution in [0.1, 0.15) is 52.8 Å². The Morgan fingerprint density at radius 3 is 2.27 bits per heavy atom. The van der Waals surface area contributed by atoms with Crippen LogP contribution in [-0.4, -0.2) is 14.4 Å². The molecule has 0 aliphatic rings. The minimum absolute atomic E-state index is 0.0400. The molecule has 3 nitrogen and oxygen atoms in total. The van der Waals surface area contributed by atoms with Crippen molar-refractivity contribution < 1.29 is 4.39 Å². The summed E-state index contributed by atoms with van der Waals surface area (Å²) in [5.74, 6) is -0.256. The van der Waals surface area contributed by atoms with Crippen LogP contribution in [0, 0.1) is 5.82 Å². The van der Waals surface area contributed by atoms with Gasteiger partial charge in [0.1, 0.15) is 17.0 Å². The zero-order valence-electron chi connectivity index (χ0n) is 16.2. The predicted molar refractivity (Wildman–Crippen MR) is 105 cm³/mol. The van der Waals surface area contributed by atoms with E-state index in [1.807, 2.05) is 16.7 Å². The van der Waals surface area contributed by atoms with Crippen LogP contribution in [0.15, 0.2) is 36.5 Å². The van der Waals surface area contributed by atoms with Crippen LogP contribution in [0.25, 0.3) is 27.6 Å². The molecule has 26 heavy (non-hydrogen) atoms. The smallest absolute Gasteiger partial charge is 0.149 e. The van der Waals surface area contributed by atoms with E-state index in [9.17, 15) is 4.39 Å². The van der Waals surface area contributed by atoms with Gasteiger partial charge in [0.2, 0.25) is 0 Å². The average Bonchev–Trinajstić information content (AvgIpc) is 2.91. The summed E-state index contributed by atoms with van der Waals surface area (Å²) in [6, 6.07) is 9.18. The van der Waals surface area contributed by atoms with Crippen LogP contribution in [0.2, 0.25) is 0 Å². The fourth-order valence-electron chi connectivity index (χ4n) is 3.42.